The molecule has 4 nitrogen and oxygen atoms in total. The molecule has 4 atom stereocenters. The topological polar surface area (TPSA) is 36.9 Å². The summed E-state index contributed by atoms with van der Waals surface area (Å²) in [6, 6.07) is 4.53. The van der Waals surface area contributed by atoms with Crippen LogP contribution in [0.25, 0.3) is 0 Å². The molecule has 0 N–H and O–H groups in total. The fourth-order valence-corrected chi connectivity index (χ4v) is 5.03. The standard InChI is InChI=1S/C20H26O4/c1-19(2)21-14-10-8-12-13(17(14)23-19)7-5-11-6-9-15-18(16(11)12)24-20(3,4)22-15/h5,7,14-15,17-18H,6,8-10H2,1-4H3/t14-,15-,17+,18-/m0/s1. The lowest BCUT2D eigenvalue weighted by Crippen LogP contribution is -2.29. The van der Waals surface area contributed by atoms with E-state index in [2.05, 4.69) is 12.1 Å². The molecule has 0 saturated carbocycles. The highest BCUT2D eigenvalue weighted by atomic mass is 16.8. The van der Waals surface area contributed by atoms with Gasteiger partial charge in [0.2, 0.25) is 0 Å². The van der Waals surface area contributed by atoms with Gasteiger partial charge < -0.3 is 18.9 Å². The molecule has 0 bridgehead atoms. The zero-order chi connectivity index (χ0) is 16.7. The summed E-state index contributed by atoms with van der Waals surface area (Å²) in [4.78, 5) is 0. The van der Waals surface area contributed by atoms with Crippen LogP contribution >= 0.6 is 0 Å². The Hall–Kier alpha value is -0.940. The van der Waals surface area contributed by atoms with E-state index >= 15 is 0 Å². The fourth-order valence-electron chi connectivity index (χ4n) is 5.03. The van der Waals surface area contributed by atoms with Crippen LogP contribution in [-0.4, -0.2) is 23.8 Å². The first-order chi connectivity index (χ1) is 11.3. The van der Waals surface area contributed by atoms with Gasteiger partial charge in [-0.25, -0.2) is 0 Å². The maximum Gasteiger partial charge on any atom is 0.164 e. The lowest BCUT2D eigenvalue weighted by molar-refractivity contribution is -0.147. The number of hydrogen-bond donors (Lipinski definition) is 0. The van der Waals surface area contributed by atoms with Crippen LogP contribution in [0.3, 0.4) is 0 Å². The first kappa shape index (κ1) is 15.3. The molecule has 2 heterocycles. The summed E-state index contributed by atoms with van der Waals surface area (Å²) in [5.41, 5.74) is 5.52. The molecule has 0 unspecified atom stereocenters. The lowest BCUT2D eigenvalue weighted by atomic mass is 9.77. The van der Waals surface area contributed by atoms with E-state index in [-0.39, 0.29) is 24.4 Å². The zero-order valence-electron chi connectivity index (χ0n) is 14.9. The van der Waals surface area contributed by atoms with Gasteiger partial charge in [0, 0.05) is 0 Å². The number of ether oxygens (including phenoxy) is 4. The van der Waals surface area contributed by atoms with Crippen LogP contribution in [0, 0.1) is 0 Å². The van der Waals surface area contributed by atoms with E-state index in [1.807, 2.05) is 27.7 Å². The van der Waals surface area contributed by atoms with Gasteiger partial charge >= 0.3 is 0 Å². The Labute approximate surface area is 143 Å². The summed E-state index contributed by atoms with van der Waals surface area (Å²) in [6.45, 7) is 8.06. The molecule has 0 amide bonds. The molecule has 24 heavy (non-hydrogen) atoms. The highest BCUT2D eigenvalue weighted by Gasteiger charge is 2.49. The third kappa shape index (κ3) is 2.20. The van der Waals surface area contributed by atoms with E-state index in [1.54, 1.807) is 0 Å². The van der Waals surface area contributed by atoms with Crippen molar-refractivity contribution < 1.29 is 18.9 Å². The second-order valence-corrected chi connectivity index (χ2v) is 8.47. The van der Waals surface area contributed by atoms with E-state index < -0.39 is 11.6 Å². The maximum atomic E-state index is 6.30. The average Bonchev–Trinajstić information content (AvgIpc) is 2.99. The molecule has 4 heteroatoms. The maximum absolute atomic E-state index is 6.30. The summed E-state index contributed by atoms with van der Waals surface area (Å²) in [6.07, 6.45) is 4.61. The lowest BCUT2D eigenvalue weighted by Gasteiger charge is -2.34. The Morgan fingerprint density at radius 2 is 1.42 bits per heavy atom. The summed E-state index contributed by atoms with van der Waals surface area (Å²) in [7, 11) is 0. The van der Waals surface area contributed by atoms with E-state index in [9.17, 15) is 0 Å². The number of fused-ring (bicyclic) bond motifs is 7. The molecular weight excluding hydrogens is 304 g/mol. The molecule has 2 fully saturated rings. The first-order valence-electron chi connectivity index (χ1n) is 9.19. The minimum Gasteiger partial charge on any atom is -0.344 e. The minimum atomic E-state index is -0.496. The molecule has 0 radical (unpaired) electrons. The summed E-state index contributed by atoms with van der Waals surface area (Å²) in [5, 5.41) is 0. The van der Waals surface area contributed by atoms with E-state index in [0.29, 0.717) is 0 Å². The van der Waals surface area contributed by atoms with Crippen molar-refractivity contribution in [2.24, 2.45) is 0 Å². The molecule has 2 aliphatic carbocycles. The zero-order valence-corrected chi connectivity index (χ0v) is 14.9. The van der Waals surface area contributed by atoms with E-state index in [0.717, 1.165) is 25.7 Å². The normalized spacial score (nSPS) is 38.2. The largest absolute Gasteiger partial charge is 0.344 e. The van der Waals surface area contributed by atoms with Crippen LogP contribution in [0.15, 0.2) is 12.1 Å². The van der Waals surface area contributed by atoms with Crippen molar-refractivity contribution >= 4 is 0 Å². The van der Waals surface area contributed by atoms with Crippen LogP contribution in [0.2, 0.25) is 0 Å². The Balaban J connectivity index is 1.60. The van der Waals surface area contributed by atoms with Crippen LogP contribution in [0.1, 0.15) is 75.0 Å². The molecule has 2 saturated heterocycles. The number of benzene rings is 1. The smallest absolute Gasteiger partial charge is 0.164 e. The van der Waals surface area contributed by atoms with Crippen molar-refractivity contribution in [2.45, 2.75) is 89.4 Å². The van der Waals surface area contributed by atoms with Gasteiger partial charge in [0.15, 0.2) is 11.6 Å². The predicted molar refractivity (Wildman–Crippen MR) is 88.6 cm³/mol. The molecule has 1 aromatic carbocycles. The van der Waals surface area contributed by atoms with Crippen LogP contribution in [0.4, 0.5) is 0 Å². The Morgan fingerprint density at radius 1 is 0.792 bits per heavy atom. The Kier molecular flexibility index (Phi) is 3.08. The van der Waals surface area contributed by atoms with Crippen molar-refractivity contribution in [3.63, 3.8) is 0 Å². The first-order valence-corrected chi connectivity index (χ1v) is 9.19. The van der Waals surface area contributed by atoms with Crippen molar-refractivity contribution in [1.82, 2.24) is 0 Å². The number of hydrogen-bond acceptors (Lipinski definition) is 4. The molecule has 0 spiro atoms. The van der Waals surface area contributed by atoms with Crippen molar-refractivity contribution in [3.8, 4) is 0 Å². The van der Waals surface area contributed by atoms with Crippen LogP contribution < -0.4 is 0 Å². The molecule has 0 aromatic heterocycles. The summed E-state index contributed by atoms with van der Waals surface area (Å²) in [5.74, 6) is -0.990. The van der Waals surface area contributed by atoms with Gasteiger partial charge in [0.1, 0.15) is 12.2 Å². The predicted octanol–water partition coefficient (Wildman–Crippen LogP) is 3.96. The Morgan fingerprint density at radius 3 is 2.17 bits per heavy atom. The average molecular weight is 330 g/mol. The highest BCUT2D eigenvalue weighted by Crippen LogP contribution is 2.51. The Bertz CT molecular complexity index is 693. The van der Waals surface area contributed by atoms with Gasteiger partial charge in [-0.15, -0.1) is 0 Å². The van der Waals surface area contributed by atoms with Crippen LogP contribution in [0.5, 0.6) is 0 Å². The number of rotatable bonds is 0. The minimum absolute atomic E-state index is 0.0461. The highest BCUT2D eigenvalue weighted by molar-refractivity contribution is 5.48. The quantitative estimate of drug-likeness (QED) is 0.721. The van der Waals surface area contributed by atoms with Gasteiger partial charge in [0.25, 0.3) is 0 Å². The van der Waals surface area contributed by atoms with E-state index in [1.165, 1.54) is 22.3 Å². The van der Waals surface area contributed by atoms with Crippen molar-refractivity contribution in [1.29, 1.82) is 0 Å². The molecule has 1 aromatic rings. The summed E-state index contributed by atoms with van der Waals surface area (Å²) < 4.78 is 24.8. The fraction of sp³-hybridized carbons (Fsp3) is 0.700. The summed E-state index contributed by atoms with van der Waals surface area (Å²) >= 11 is 0. The van der Waals surface area contributed by atoms with Crippen molar-refractivity contribution in [2.75, 3.05) is 0 Å². The second-order valence-electron chi connectivity index (χ2n) is 8.47. The third-order valence-electron chi connectivity index (χ3n) is 5.82. The molecule has 4 aliphatic rings. The van der Waals surface area contributed by atoms with Crippen molar-refractivity contribution in [3.05, 3.63) is 34.4 Å². The van der Waals surface area contributed by atoms with Gasteiger partial charge in [-0.05, 0) is 75.6 Å². The molecule has 2 aliphatic heterocycles. The number of aryl methyl sites for hydroxylation is 1. The van der Waals surface area contributed by atoms with Crippen LogP contribution in [-0.2, 0) is 31.8 Å². The second kappa shape index (κ2) is 4.82. The monoisotopic (exact) mass is 330 g/mol. The van der Waals surface area contributed by atoms with Gasteiger partial charge in [0.05, 0.1) is 12.2 Å². The van der Waals surface area contributed by atoms with Gasteiger partial charge in [-0.3, -0.25) is 0 Å². The van der Waals surface area contributed by atoms with Gasteiger partial charge in [-0.2, -0.15) is 0 Å². The SMILES string of the molecule is CC1(C)O[C@H]2CCc3c(ccc4c3[C@H]3OC(C)(C)O[C@H]3CC4)[C@H]2O1. The van der Waals surface area contributed by atoms with E-state index in [4.69, 9.17) is 18.9 Å². The molecule has 5 rings (SSSR count). The van der Waals surface area contributed by atoms with Gasteiger partial charge in [-0.1, -0.05) is 12.1 Å². The third-order valence-corrected chi connectivity index (χ3v) is 5.82. The molecule has 130 valence electrons. The molecular formula is C20H26O4.